The Morgan fingerprint density at radius 2 is 1.29 bits per heavy atom. The summed E-state index contributed by atoms with van der Waals surface area (Å²) in [5.41, 5.74) is 9.75. The molecule has 5 nitrogen and oxygen atoms in total. The molecule has 0 amide bonds. The number of halogens is 1. The van der Waals surface area contributed by atoms with Gasteiger partial charge in [0.25, 0.3) is 0 Å². The molecule has 1 aliphatic rings. The summed E-state index contributed by atoms with van der Waals surface area (Å²) >= 11 is -3.82. The first-order valence-corrected chi connectivity index (χ1v) is 15.9. The summed E-state index contributed by atoms with van der Waals surface area (Å²) in [4.78, 5) is 12.2. The van der Waals surface area contributed by atoms with Gasteiger partial charge in [-0.15, -0.1) is 0 Å². The van der Waals surface area contributed by atoms with Crippen molar-refractivity contribution < 1.29 is 9.31 Å². The molecule has 0 aliphatic carbocycles. The van der Waals surface area contributed by atoms with Crippen LogP contribution in [0.5, 0.6) is 0 Å². The summed E-state index contributed by atoms with van der Waals surface area (Å²) in [6.45, 7) is 0. The van der Waals surface area contributed by atoms with Gasteiger partial charge in [-0.3, -0.25) is 0 Å². The van der Waals surface area contributed by atoms with E-state index in [-0.39, 0.29) is 14.1 Å². The molecule has 1 heterocycles. The molecule has 0 fully saturated rings. The number of allylic oxidation sites excluding steroid dienone is 1. The van der Waals surface area contributed by atoms with Crippen LogP contribution in [0.2, 0.25) is 0 Å². The second-order valence-electron chi connectivity index (χ2n) is 8.39. The summed E-state index contributed by atoms with van der Waals surface area (Å²) in [6.07, 6.45) is 1.57. The fourth-order valence-corrected chi connectivity index (χ4v) is 14.3. The van der Waals surface area contributed by atoms with Gasteiger partial charge in [0.05, 0.1) is 0 Å². The predicted molar refractivity (Wildman–Crippen MR) is 137 cm³/mol. The number of nitrogens with two attached hydrogens (primary N) is 1. The van der Waals surface area contributed by atoms with Crippen molar-refractivity contribution >= 4 is 33.1 Å². The number of anilines is 1. The summed E-state index contributed by atoms with van der Waals surface area (Å²) < 4.78 is 18.4. The minimum atomic E-state index is -3.82. The standard InChI is InChI=1S/C19H15.C9H6FN3O2.In/c1-4-10-16(11-5-1)19(17-12-6-2-7-13-17)18-14-8-3-9-15-18;10-7-2-1-6(5-9(7)12)8(11)3-4-13(14)15;/h1-15H;1-3,5H,12H2;/q;-1;+1. The van der Waals surface area contributed by atoms with Gasteiger partial charge in [0, 0.05) is 0 Å². The third-order valence-corrected chi connectivity index (χ3v) is 15.8. The van der Waals surface area contributed by atoms with Crippen LogP contribution in [0.3, 0.4) is 0 Å². The van der Waals surface area contributed by atoms with Gasteiger partial charge in [0.1, 0.15) is 0 Å². The summed E-state index contributed by atoms with van der Waals surface area (Å²) in [6, 6.07) is 34.0. The fraction of sp³-hybridized carbons (Fsp3) is 0.0357. The van der Waals surface area contributed by atoms with Crippen LogP contribution in [-0.4, -0.2) is 32.4 Å². The summed E-state index contributed by atoms with van der Waals surface area (Å²) in [5.74, 6) is -0.530. The molecule has 0 radical (unpaired) electrons. The van der Waals surface area contributed by atoms with E-state index in [1.165, 1.54) is 12.1 Å². The van der Waals surface area contributed by atoms with Crippen LogP contribution in [0.15, 0.2) is 122 Å². The zero-order chi connectivity index (χ0) is 24.4. The van der Waals surface area contributed by atoms with Crippen molar-refractivity contribution in [1.29, 1.82) is 0 Å². The topological polar surface area (TPSA) is 81.5 Å². The molecule has 5 rings (SSSR count). The normalized spacial score (nSPS) is 13.3. The van der Waals surface area contributed by atoms with Crippen LogP contribution in [0.25, 0.3) is 0 Å². The number of nitrogen functional groups attached to an aromatic ring is 1. The first-order valence-electron chi connectivity index (χ1n) is 11.2. The van der Waals surface area contributed by atoms with Gasteiger partial charge in [-0.05, 0) is 0 Å². The molecular weight excluding hydrogens is 544 g/mol. The van der Waals surface area contributed by atoms with Crippen molar-refractivity contribution in [3.8, 4) is 0 Å². The molecule has 1 aliphatic heterocycles. The molecule has 0 spiro atoms. The van der Waals surface area contributed by atoms with Crippen molar-refractivity contribution in [2.45, 2.75) is 3.17 Å². The van der Waals surface area contributed by atoms with E-state index in [2.05, 4.69) is 0 Å². The average Bonchev–Trinajstić information content (AvgIpc) is 3.34. The van der Waals surface area contributed by atoms with Crippen LogP contribution in [0.1, 0.15) is 22.3 Å². The van der Waals surface area contributed by atoms with E-state index in [1.807, 2.05) is 91.0 Å². The Morgan fingerprint density at radius 1 is 0.800 bits per heavy atom. The van der Waals surface area contributed by atoms with Gasteiger partial charge in [-0.25, -0.2) is 0 Å². The zero-order valence-electron chi connectivity index (χ0n) is 18.7. The molecule has 4 aromatic rings. The number of benzene rings is 4. The Morgan fingerprint density at radius 3 is 1.71 bits per heavy atom. The molecule has 7 heteroatoms. The number of nitrogens with zero attached hydrogens (tertiary/aromatic N) is 2. The zero-order valence-corrected chi connectivity index (χ0v) is 22.0. The summed E-state index contributed by atoms with van der Waals surface area (Å²) in [7, 11) is 0. The fourth-order valence-electron chi connectivity index (χ4n) is 4.87. The Balaban J connectivity index is 1.84. The molecule has 2 N–H and O–H groups in total. The van der Waals surface area contributed by atoms with E-state index < -0.39 is 30.7 Å². The molecule has 0 saturated carbocycles. The number of hydrogen-bond acceptors (Lipinski definition) is 4. The number of nitro groups is 1. The molecule has 0 bridgehead atoms. The molecule has 0 atom stereocenters. The number of hydrogen-bond donors (Lipinski definition) is 1. The van der Waals surface area contributed by atoms with Gasteiger partial charge >= 0.3 is 211 Å². The average molecular weight is 565 g/mol. The SMILES string of the molecule is Nc1cc(C2=[N][In]([C](c3ccccc3)(c3ccccc3)c3ccccc3)[C]([N+](=O)[O-])=C2)ccc1F. The van der Waals surface area contributed by atoms with E-state index in [1.54, 1.807) is 12.1 Å². The van der Waals surface area contributed by atoms with Gasteiger partial charge in [0.2, 0.25) is 0 Å². The maximum atomic E-state index is 13.8. The van der Waals surface area contributed by atoms with E-state index >= 15 is 0 Å². The van der Waals surface area contributed by atoms with Crippen molar-refractivity contribution in [2.75, 3.05) is 5.73 Å². The van der Waals surface area contributed by atoms with Crippen LogP contribution >= 0.6 is 0 Å². The first kappa shape index (κ1) is 23.1. The Bertz CT molecular complexity index is 1340. The second kappa shape index (κ2) is 9.50. The van der Waals surface area contributed by atoms with Crippen LogP contribution in [0.4, 0.5) is 10.1 Å². The Kier molecular flexibility index (Phi) is 6.26. The molecule has 0 saturated heterocycles. The van der Waals surface area contributed by atoms with Crippen LogP contribution in [-0.2, 0) is 3.17 Å². The van der Waals surface area contributed by atoms with Crippen molar-refractivity contribution in [3.63, 3.8) is 0 Å². The minimum absolute atomic E-state index is 0.0136. The Hall–Kier alpha value is -3.71. The molecular formula is C28H21FInN3O2. The van der Waals surface area contributed by atoms with E-state index in [0.29, 0.717) is 11.3 Å². The van der Waals surface area contributed by atoms with Crippen molar-refractivity contribution in [2.24, 2.45) is 2.98 Å². The third-order valence-electron chi connectivity index (χ3n) is 6.43. The van der Waals surface area contributed by atoms with Crippen LogP contribution < -0.4 is 5.73 Å². The quantitative estimate of drug-likeness (QED) is 0.146. The number of rotatable bonds is 6. The van der Waals surface area contributed by atoms with E-state index in [4.69, 9.17) is 8.71 Å². The first-order chi connectivity index (χ1) is 17.0. The Labute approximate surface area is 210 Å². The molecule has 0 aromatic heterocycles. The monoisotopic (exact) mass is 565 g/mol. The van der Waals surface area contributed by atoms with Gasteiger partial charge in [-0.1, -0.05) is 0 Å². The maximum absolute atomic E-state index is 13.8. The molecule has 4 aromatic carbocycles. The molecule has 170 valence electrons. The van der Waals surface area contributed by atoms with Gasteiger partial charge in [-0.2, -0.15) is 0 Å². The molecule has 35 heavy (non-hydrogen) atoms. The second-order valence-corrected chi connectivity index (χ2v) is 15.6. The van der Waals surface area contributed by atoms with E-state index in [0.717, 1.165) is 16.7 Å². The van der Waals surface area contributed by atoms with Gasteiger partial charge < -0.3 is 0 Å². The van der Waals surface area contributed by atoms with Crippen molar-refractivity contribution in [1.82, 2.24) is 0 Å². The van der Waals surface area contributed by atoms with Crippen LogP contribution in [0, 0.1) is 15.9 Å². The third kappa shape index (κ3) is 4.06. The molecule has 0 unspecified atom stereocenters. The van der Waals surface area contributed by atoms with E-state index in [9.17, 15) is 14.5 Å². The van der Waals surface area contributed by atoms with Gasteiger partial charge in [0.15, 0.2) is 0 Å². The van der Waals surface area contributed by atoms with Crippen molar-refractivity contribution in [3.05, 3.63) is 157 Å². The predicted octanol–water partition coefficient (Wildman–Crippen LogP) is 5.48. The summed E-state index contributed by atoms with van der Waals surface area (Å²) in [5, 5.41) is 12.5.